The van der Waals surface area contributed by atoms with Gasteiger partial charge in [-0.05, 0) is 6.42 Å². The Hall–Kier alpha value is -1.14. The van der Waals surface area contributed by atoms with Crippen molar-refractivity contribution in [2.45, 2.75) is 25.8 Å². The maximum Gasteiger partial charge on any atom is 0.323 e. The maximum absolute atomic E-state index is 11.1. The second-order valence-electron chi connectivity index (χ2n) is 2.89. The van der Waals surface area contributed by atoms with Gasteiger partial charge in [-0.3, -0.25) is 15.0 Å². The van der Waals surface area contributed by atoms with Gasteiger partial charge in [0.25, 0.3) is 0 Å². The molecule has 0 bridgehead atoms. The Kier molecular flexibility index (Phi) is 6.69. The highest BCUT2D eigenvalue weighted by Crippen LogP contribution is 1.96. The predicted molar refractivity (Wildman–Crippen MR) is 51.0 cm³/mol. The van der Waals surface area contributed by atoms with E-state index in [-0.39, 0.29) is 6.04 Å². The molecule has 82 valence electrons. The molecule has 2 amide bonds. The highest BCUT2D eigenvalue weighted by molar-refractivity contribution is 6.34. The Morgan fingerprint density at radius 3 is 2.50 bits per heavy atom. The normalized spacial score (nSPS) is 11.9. The molecule has 0 heterocycles. The number of nitrogens with one attached hydrogen (secondary N) is 2. The number of nitrogens with two attached hydrogens (primary N) is 1. The second kappa shape index (κ2) is 7.28. The van der Waals surface area contributed by atoms with E-state index in [2.05, 4.69) is 5.32 Å². The SMILES string of the molecule is CCCC(COC)NC(=O)C(=O)NN. The third-order valence-electron chi connectivity index (χ3n) is 1.68. The lowest BCUT2D eigenvalue weighted by Gasteiger charge is -2.16. The molecular formula is C8H17N3O3. The lowest BCUT2D eigenvalue weighted by Crippen LogP contribution is -2.48. The molecule has 1 unspecified atom stereocenters. The van der Waals surface area contributed by atoms with Crippen molar-refractivity contribution >= 4 is 11.8 Å². The summed E-state index contributed by atoms with van der Waals surface area (Å²) in [6, 6.07) is -0.144. The van der Waals surface area contributed by atoms with Crippen molar-refractivity contribution in [2.75, 3.05) is 13.7 Å². The molecule has 0 radical (unpaired) electrons. The van der Waals surface area contributed by atoms with Crippen LogP contribution >= 0.6 is 0 Å². The average molecular weight is 203 g/mol. The highest BCUT2D eigenvalue weighted by Gasteiger charge is 2.16. The third-order valence-corrected chi connectivity index (χ3v) is 1.68. The van der Waals surface area contributed by atoms with Crippen LogP contribution in [0.3, 0.4) is 0 Å². The molecule has 0 aliphatic heterocycles. The van der Waals surface area contributed by atoms with Gasteiger partial charge < -0.3 is 10.1 Å². The molecule has 0 fully saturated rings. The third kappa shape index (κ3) is 4.78. The molecule has 0 aromatic heterocycles. The molecule has 1 atom stereocenters. The smallest absolute Gasteiger partial charge is 0.323 e. The number of hydrogen-bond donors (Lipinski definition) is 3. The van der Waals surface area contributed by atoms with Gasteiger partial charge >= 0.3 is 11.8 Å². The standard InChI is InChI=1S/C8H17N3O3/c1-3-4-6(5-14-2)10-7(12)8(13)11-9/h6H,3-5,9H2,1-2H3,(H,10,12)(H,11,13). The molecule has 0 aromatic carbocycles. The summed E-state index contributed by atoms with van der Waals surface area (Å²) in [4.78, 5) is 21.8. The van der Waals surface area contributed by atoms with Crippen LogP contribution in [0, 0.1) is 0 Å². The fraction of sp³-hybridized carbons (Fsp3) is 0.750. The molecule has 0 rings (SSSR count). The van der Waals surface area contributed by atoms with Gasteiger partial charge in [0.15, 0.2) is 0 Å². The summed E-state index contributed by atoms with van der Waals surface area (Å²) in [7, 11) is 1.54. The van der Waals surface area contributed by atoms with E-state index in [0.29, 0.717) is 6.61 Å². The second-order valence-corrected chi connectivity index (χ2v) is 2.89. The van der Waals surface area contributed by atoms with Crippen LogP contribution < -0.4 is 16.6 Å². The summed E-state index contributed by atoms with van der Waals surface area (Å²) in [5, 5.41) is 2.51. The van der Waals surface area contributed by atoms with Gasteiger partial charge in [0.1, 0.15) is 0 Å². The van der Waals surface area contributed by atoms with Crippen molar-refractivity contribution < 1.29 is 14.3 Å². The van der Waals surface area contributed by atoms with Gasteiger partial charge in [-0.25, -0.2) is 5.84 Å². The molecule has 6 nitrogen and oxygen atoms in total. The van der Waals surface area contributed by atoms with E-state index in [9.17, 15) is 9.59 Å². The first-order valence-corrected chi connectivity index (χ1v) is 4.46. The van der Waals surface area contributed by atoms with Crippen LogP contribution in [0.2, 0.25) is 0 Å². The Labute approximate surface area is 83.1 Å². The first-order chi connectivity index (χ1) is 6.65. The molecule has 6 heteroatoms. The zero-order chi connectivity index (χ0) is 11.0. The van der Waals surface area contributed by atoms with Gasteiger partial charge in [0, 0.05) is 7.11 Å². The number of hydrazine groups is 1. The first-order valence-electron chi connectivity index (χ1n) is 4.46. The minimum Gasteiger partial charge on any atom is -0.383 e. The van der Waals surface area contributed by atoms with E-state index in [1.807, 2.05) is 6.92 Å². The topological polar surface area (TPSA) is 93.4 Å². The van der Waals surface area contributed by atoms with Crippen molar-refractivity contribution in [3.8, 4) is 0 Å². The van der Waals surface area contributed by atoms with Gasteiger partial charge in [-0.1, -0.05) is 13.3 Å². The van der Waals surface area contributed by atoms with E-state index in [0.717, 1.165) is 12.8 Å². The molecule has 4 N–H and O–H groups in total. The summed E-state index contributed by atoms with van der Waals surface area (Å²) in [6.45, 7) is 2.37. The number of methoxy groups -OCH3 is 1. The Balaban J connectivity index is 4.01. The summed E-state index contributed by atoms with van der Waals surface area (Å²) in [6.07, 6.45) is 1.66. The summed E-state index contributed by atoms with van der Waals surface area (Å²) >= 11 is 0. The maximum atomic E-state index is 11.1. The molecule has 0 aliphatic carbocycles. The van der Waals surface area contributed by atoms with Crippen LogP contribution in [-0.2, 0) is 14.3 Å². The number of carbonyl (C=O) groups is 2. The van der Waals surface area contributed by atoms with Crippen molar-refractivity contribution in [3.05, 3.63) is 0 Å². The van der Waals surface area contributed by atoms with Gasteiger partial charge in [0.2, 0.25) is 0 Å². The van der Waals surface area contributed by atoms with Crippen LogP contribution in [-0.4, -0.2) is 31.6 Å². The van der Waals surface area contributed by atoms with Crippen molar-refractivity contribution in [3.63, 3.8) is 0 Å². The van der Waals surface area contributed by atoms with E-state index in [1.165, 1.54) is 7.11 Å². The Morgan fingerprint density at radius 1 is 1.43 bits per heavy atom. The van der Waals surface area contributed by atoms with Crippen molar-refractivity contribution in [2.24, 2.45) is 5.84 Å². The zero-order valence-electron chi connectivity index (χ0n) is 8.50. The lowest BCUT2D eigenvalue weighted by molar-refractivity contribution is -0.139. The van der Waals surface area contributed by atoms with Crippen molar-refractivity contribution in [1.29, 1.82) is 0 Å². The number of rotatable bonds is 5. The quantitative estimate of drug-likeness (QED) is 0.229. The number of amides is 2. The fourth-order valence-corrected chi connectivity index (χ4v) is 1.06. The number of ether oxygens (including phenoxy) is 1. The minimum absolute atomic E-state index is 0.144. The van der Waals surface area contributed by atoms with Gasteiger partial charge in [-0.15, -0.1) is 0 Å². The van der Waals surface area contributed by atoms with Gasteiger partial charge in [0.05, 0.1) is 12.6 Å². The molecule has 0 aromatic rings. The van der Waals surface area contributed by atoms with Crippen LogP contribution in [0.15, 0.2) is 0 Å². The highest BCUT2D eigenvalue weighted by atomic mass is 16.5. The minimum atomic E-state index is -0.845. The number of carbonyl (C=O) groups excluding carboxylic acids is 2. The average Bonchev–Trinajstić information content (AvgIpc) is 2.17. The van der Waals surface area contributed by atoms with E-state index >= 15 is 0 Å². The van der Waals surface area contributed by atoms with Crippen molar-refractivity contribution in [1.82, 2.24) is 10.7 Å². The van der Waals surface area contributed by atoms with Crippen LogP contribution in [0.5, 0.6) is 0 Å². The Morgan fingerprint density at radius 2 is 2.07 bits per heavy atom. The van der Waals surface area contributed by atoms with Crippen LogP contribution in [0.4, 0.5) is 0 Å². The fourth-order valence-electron chi connectivity index (χ4n) is 1.06. The van der Waals surface area contributed by atoms with Gasteiger partial charge in [-0.2, -0.15) is 0 Å². The van der Waals surface area contributed by atoms with E-state index in [4.69, 9.17) is 10.6 Å². The van der Waals surface area contributed by atoms with Crippen LogP contribution in [0.1, 0.15) is 19.8 Å². The lowest BCUT2D eigenvalue weighted by atomic mass is 10.2. The Bertz CT molecular complexity index is 190. The molecule has 0 aliphatic rings. The predicted octanol–water partition coefficient (Wildman–Crippen LogP) is -1.09. The summed E-state index contributed by atoms with van der Waals surface area (Å²) < 4.78 is 4.89. The summed E-state index contributed by atoms with van der Waals surface area (Å²) in [5.41, 5.74) is 1.76. The molecule has 0 spiro atoms. The van der Waals surface area contributed by atoms with E-state index in [1.54, 1.807) is 5.43 Å². The van der Waals surface area contributed by atoms with Crippen LogP contribution in [0.25, 0.3) is 0 Å². The monoisotopic (exact) mass is 203 g/mol. The number of hydrogen-bond acceptors (Lipinski definition) is 4. The first kappa shape index (κ1) is 12.9. The molecular weight excluding hydrogens is 186 g/mol. The summed E-state index contributed by atoms with van der Waals surface area (Å²) in [5.74, 6) is 3.23. The molecule has 0 saturated carbocycles. The molecule has 0 saturated heterocycles. The molecule has 14 heavy (non-hydrogen) atoms. The largest absolute Gasteiger partial charge is 0.383 e. The van der Waals surface area contributed by atoms with E-state index < -0.39 is 11.8 Å². The zero-order valence-corrected chi connectivity index (χ0v) is 8.50.